The molecule has 112 valence electrons. The highest BCUT2D eigenvalue weighted by Gasteiger charge is 2.27. The molecule has 0 amide bonds. The number of hydrogen-bond acceptors (Lipinski definition) is 5. The lowest BCUT2D eigenvalue weighted by atomic mass is 9.93. The molecule has 0 saturated heterocycles. The van der Waals surface area contributed by atoms with Gasteiger partial charge in [-0.25, -0.2) is 0 Å². The van der Waals surface area contributed by atoms with E-state index in [0.29, 0.717) is 13.2 Å². The Kier molecular flexibility index (Phi) is 4.86. The van der Waals surface area contributed by atoms with Gasteiger partial charge in [-0.15, -0.1) is 0 Å². The van der Waals surface area contributed by atoms with E-state index in [9.17, 15) is 0 Å². The molecule has 0 radical (unpaired) electrons. The SMILES string of the molecule is COc1cc(C(OC)C(C)N)c(OC)c2c1CCOC2. The minimum Gasteiger partial charge on any atom is -0.496 e. The van der Waals surface area contributed by atoms with E-state index in [0.717, 1.165) is 34.6 Å². The van der Waals surface area contributed by atoms with E-state index in [4.69, 9.17) is 24.7 Å². The van der Waals surface area contributed by atoms with E-state index >= 15 is 0 Å². The van der Waals surface area contributed by atoms with Crippen molar-refractivity contribution in [1.82, 2.24) is 0 Å². The van der Waals surface area contributed by atoms with E-state index < -0.39 is 0 Å². The molecule has 1 aromatic carbocycles. The molecule has 0 spiro atoms. The molecule has 0 bridgehead atoms. The topological polar surface area (TPSA) is 62.9 Å². The molecule has 1 aromatic rings. The predicted molar refractivity (Wildman–Crippen MR) is 76.3 cm³/mol. The molecule has 0 aliphatic carbocycles. The highest BCUT2D eigenvalue weighted by molar-refractivity contribution is 5.55. The Morgan fingerprint density at radius 2 is 1.95 bits per heavy atom. The van der Waals surface area contributed by atoms with Gasteiger partial charge in [-0.2, -0.15) is 0 Å². The molecule has 2 atom stereocenters. The van der Waals surface area contributed by atoms with Crippen LogP contribution in [0.1, 0.15) is 29.7 Å². The van der Waals surface area contributed by atoms with Crippen LogP contribution in [-0.4, -0.2) is 34.0 Å². The lowest BCUT2D eigenvalue weighted by Crippen LogP contribution is -2.27. The molecule has 2 unspecified atom stereocenters. The summed E-state index contributed by atoms with van der Waals surface area (Å²) in [5.74, 6) is 1.64. The quantitative estimate of drug-likeness (QED) is 0.892. The highest BCUT2D eigenvalue weighted by Crippen LogP contribution is 2.41. The van der Waals surface area contributed by atoms with Crippen molar-refractivity contribution in [1.29, 1.82) is 0 Å². The first kappa shape index (κ1) is 15.1. The maximum Gasteiger partial charge on any atom is 0.130 e. The van der Waals surface area contributed by atoms with Crippen LogP contribution in [0, 0.1) is 0 Å². The molecule has 1 heterocycles. The average Bonchev–Trinajstić information content (AvgIpc) is 2.46. The standard InChI is InChI=1S/C15H23NO4/c1-9(16)14(18-3)11-7-13(17-2)10-5-6-20-8-12(10)15(11)19-4/h7,9,14H,5-6,8,16H2,1-4H3. The highest BCUT2D eigenvalue weighted by atomic mass is 16.5. The van der Waals surface area contributed by atoms with E-state index in [1.165, 1.54) is 0 Å². The van der Waals surface area contributed by atoms with E-state index in [2.05, 4.69) is 0 Å². The van der Waals surface area contributed by atoms with Gasteiger partial charge in [-0.3, -0.25) is 0 Å². The van der Waals surface area contributed by atoms with E-state index in [-0.39, 0.29) is 12.1 Å². The fourth-order valence-corrected chi connectivity index (χ4v) is 2.79. The van der Waals surface area contributed by atoms with Crippen LogP contribution < -0.4 is 15.2 Å². The number of ether oxygens (including phenoxy) is 4. The van der Waals surface area contributed by atoms with Crippen molar-refractivity contribution >= 4 is 0 Å². The Labute approximate surface area is 120 Å². The summed E-state index contributed by atoms with van der Waals surface area (Å²) in [5.41, 5.74) is 9.12. The molecule has 1 aliphatic rings. The first-order valence-corrected chi connectivity index (χ1v) is 6.76. The van der Waals surface area contributed by atoms with Crippen LogP contribution in [0.25, 0.3) is 0 Å². The van der Waals surface area contributed by atoms with Gasteiger partial charge in [-0.05, 0) is 19.4 Å². The van der Waals surface area contributed by atoms with Crippen molar-refractivity contribution in [3.8, 4) is 11.5 Å². The molecule has 20 heavy (non-hydrogen) atoms. The summed E-state index contributed by atoms with van der Waals surface area (Å²) in [5, 5.41) is 0. The number of hydrogen-bond donors (Lipinski definition) is 1. The van der Waals surface area contributed by atoms with Crippen molar-refractivity contribution < 1.29 is 18.9 Å². The molecule has 5 heteroatoms. The number of rotatable bonds is 5. The maximum absolute atomic E-state index is 6.02. The Hall–Kier alpha value is -1.30. The Bertz CT molecular complexity index is 473. The lowest BCUT2D eigenvalue weighted by Gasteiger charge is -2.28. The average molecular weight is 281 g/mol. The van der Waals surface area contributed by atoms with Gasteiger partial charge in [0.25, 0.3) is 0 Å². The second kappa shape index (κ2) is 6.43. The molecule has 0 aromatic heterocycles. The van der Waals surface area contributed by atoms with Crippen molar-refractivity contribution in [2.24, 2.45) is 5.73 Å². The van der Waals surface area contributed by atoms with Gasteiger partial charge in [0.05, 0.1) is 27.4 Å². The van der Waals surface area contributed by atoms with Gasteiger partial charge in [0.2, 0.25) is 0 Å². The predicted octanol–water partition coefficient (Wildman–Crippen LogP) is 1.81. The number of methoxy groups -OCH3 is 3. The van der Waals surface area contributed by atoms with Crippen molar-refractivity contribution in [2.75, 3.05) is 27.9 Å². The third-order valence-electron chi connectivity index (χ3n) is 3.69. The molecule has 5 nitrogen and oxygen atoms in total. The summed E-state index contributed by atoms with van der Waals surface area (Å²) < 4.78 is 22.2. The van der Waals surface area contributed by atoms with Crippen molar-refractivity contribution in [2.45, 2.75) is 32.1 Å². The second-order valence-electron chi connectivity index (χ2n) is 4.98. The summed E-state index contributed by atoms with van der Waals surface area (Å²) in [7, 11) is 4.99. The van der Waals surface area contributed by atoms with Crippen LogP contribution in [0.5, 0.6) is 11.5 Å². The van der Waals surface area contributed by atoms with Crippen LogP contribution >= 0.6 is 0 Å². The maximum atomic E-state index is 6.02. The summed E-state index contributed by atoms with van der Waals surface area (Å²) in [6, 6.07) is 1.82. The zero-order valence-electron chi connectivity index (χ0n) is 12.6. The van der Waals surface area contributed by atoms with Gasteiger partial charge in [0.15, 0.2) is 0 Å². The van der Waals surface area contributed by atoms with Crippen molar-refractivity contribution in [3.63, 3.8) is 0 Å². The number of fused-ring (bicyclic) bond motifs is 1. The molecule has 0 fully saturated rings. The lowest BCUT2D eigenvalue weighted by molar-refractivity contribution is 0.0804. The van der Waals surface area contributed by atoms with Gasteiger partial charge in [-0.1, -0.05) is 0 Å². The van der Waals surface area contributed by atoms with Gasteiger partial charge in [0, 0.05) is 29.8 Å². The summed E-state index contributed by atoms with van der Waals surface area (Å²) in [6.45, 7) is 3.14. The first-order valence-electron chi connectivity index (χ1n) is 6.76. The summed E-state index contributed by atoms with van der Waals surface area (Å²) >= 11 is 0. The molecule has 0 saturated carbocycles. The largest absolute Gasteiger partial charge is 0.496 e. The fourth-order valence-electron chi connectivity index (χ4n) is 2.79. The first-order chi connectivity index (χ1) is 9.63. The minimum atomic E-state index is -0.244. The molecule has 2 N–H and O–H groups in total. The van der Waals surface area contributed by atoms with E-state index in [1.807, 2.05) is 13.0 Å². The zero-order chi connectivity index (χ0) is 14.7. The number of nitrogens with two attached hydrogens (primary N) is 1. The summed E-state index contributed by atoms with van der Waals surface area (Å²) in [4.78, 5) is 0. The van der Waals surface area contributed by atoms with Crippen LogP contribution in [0.2, 0.25) is 0 Å². The minimum absolute atomic E-state index is 0.152. The third-order valence-corrected chi connectivity index (χ3v) is 3.69. The smallest absolute Gasteiger partial charge is 0.130 e. The van der Waals surface area contributed by atoms with Gasteiger partial charge in [0.1, 0.15) is 17.6 Å². The zero-order valence-corrected chi connectivity index (χ0v) is 12.6. The monoisotopic (exact) mass is 281 g/mol. The van der Waals surface area contributed by atoms with Crippen LogP contribution in [0.15, 0.2) is 6.07 Å². The van der Waals surface area contributed by atoms with Crippen molar-refractivity contribution in [3.05, 3.63) is 22.8 Å². The van der Waals surface area contributed by atoms with E-state index in [1.54, 1.807) is 21.3 Å². The van der Waals surface area contributed by atoms with Crippen LogP contribution in [-0.2, 0) is 22.5 Å². The Balaban J connectivity index is 2.61. The number of benzene rings is 1. The summed E-state index contributed by atoms with van der Waals surface area (Å²) in [6.07, 6.45) is 0.580. The van der Waals surface area contributed by atoms with Gasteiger partial charge >= 0.3 is 0 Å². The van der Waals surface area contributed by atoms with Gasteiger partial charge < -0.3 is 24.7 Å². The Morgan fingerprint density at radius 1 is 1.20 bits per heavy atom. The second-order valence-corrected chi connectivity index (χ2v) is 4.98. The fraction of sp³-hybridized carbons (Fsp3) is 0.600. The van der Waals surface area contributed by atoms with Crippen LogP contribution in [0.4, 0.5) is 0 Å². The Morgan fingerprint density at radius 3 is 2.50 bits per heavy atom. The van der Waals surface area contributed by atoms with Crippen LogP contribution in [0.3, 0.4) is 0 Å². The molecule has 2 rings (SSSR count). The molecular weight excluding hydrogens is 258 g/mol. The normalized spacial score (nSPS) is 17.2. The third kappa shape index (κ3) is 2.61. The molecule has 1 aliphatic heterocycles. The molecular formula is C15H23NO4.